The van der Waals surface area contributed by atoms with E-state index in [1.54, 1.807) is 12.4 Å². The predicted molar refractivity (Wildman–Crippen MR) is 106 cm³/mol. The summed E-state index contributed by atoms with van der Waals surface area (Å²) in [4.78, 5) is 29.1. The summed E-state index contributed by atoms with van der Waals surface area (Å²) in [5.74, 6) is 0. The van der Waals surface area contributed by atoms with E-state index in [4.69, 9.17) is 4.99 Å². The summed E-state index contributed by atoms with van der Waals surface area (Å²) in [5, 5.41) is 2.72. The second-order valence-electron chi connectivity index (χ2n) is 6.36. The molecule has 0 saturated carbocycles. The molecule has 0 spiro atoms. The minimum absolute atomic E-state index is 0.0730. The summed E-state index contributed by atoms with van der Waals surface area (Å²) >= 11 is 1.49. The maximum atomic E-state index is 12.6. The van der Waals surface area contributed by atoms with E-state index >= 15 is 0 Å². The molecule has 26 heavy (non-hydrogen) atoms. The van der Waals surface area contributed by atoms with Crippen molar-refractivity contribution in [2.24, 2.45) is 4.99 Å². The van der Waals surface area contributed by atoms with Crippen molar-refractivity contribution < 1.29 is 0 Å². The van der Waals surface area contributed by atoms with Crippen LogP contribution in [-0.4, -0.2) is 27.2 Å². The number of H-pyrrole nitrogens is 1. The van der Waals surface area contributed by atoms with Gasteiger partial charge in [0.15, 0.2) is 0 Å². The van der Waals surface area contributed by atoms with Gasteiger partial charge in [0.05, 0.1) is 11.3 Å². The number of aromatic nitrogens is 3. The van der Waals surface area contributed by atoms with Crippen molar-refractivity contribution in [2.75, 3.05) is 6.54 Å². The van der Waals surface area contributed by atoms with Gasteiger partial charge < -0.3 is 4.98 Å². The lowest BCUT2D eigenvalue weighted by Gasteiger charge is -2.18. The molecule has 0 atom stereocenters. The Balaban J connectivity index is 1.76. The Bertz CT molecular complexity index is 1000. The molecule has 0 aromatic carbocycles. The molecule has 3 aromatic heterocycles. The van der Waals surface area contributed by atoms with Gasteiger partial charge in [-0.15, -0.1) is 11.3 Å². The first kappa shape index (κ1) is 16.8. The maximum Gasteiger partial charge on any atom is 0.258 e. The molecular weight excluding hydrogens is 344 g/mol. The van der Waals surface area contributed by atoms with Gasteiger partial charge in [-0.2, -0.15) is 0 Å². The van der Waals surface area contributed by atoms with Gasteiger partial charge in [0.2, 0.25) is 0 Å². The van der Waals surface area contributed by atoms with E-state index in [1.165, 1.54) is 11.3 Å². The summed E-state index contributed by atoms with van der Waals surface area (Å²) in [6.45, 7) is 2.95. The number of nitrogens with one attached hydrogen (secondary N) is 1. The van der Waals surface area contributed by atoms with Crippen LogP contribution in [0.25, 0.3) is 21.8 Å². The largest absolute Gasteiger partial charge is 0.325 e. The molecule has 6 heteroatoms. The predicted octanol–water partition coefficient (Wildman–Crippen LogP) is 4.10. The van der Waals surface area contributed by atoms with E-state index in [1.807, 2.05) is 23.6 Å². The molecule has 3 aromatic rings. The molecule has 132 valence electrons. The lowest BCUT2D eigenvalue weighted by molar-refractivity contribution is 0.795. The number of aryl methyl sites for hydroxylation is 1. The number of fused-ring (bicyclic) bond motifs is 1. The van der Waals surface area contributed by atoms with Gasteiger partial charge >= 0.3 is 0 Å². The third-order valence-corrected chi connectivity index (χ3v) is 5.39. The molecule has 4 rings (SSSR count). The van der Waals surface area contributed by atoms with Crippen LogP contribution in [0.15, 0.2) is 45.8 Å². The van der Waals surface area contributed by atoms with Crippen molar-refractivity contribution in [3.8, 4) is 21.8 Å². The first-order valence-electron chi connectivity index (χ1n) is 8.92. The molecular formula is C20H20N4OS. The Morgan fingerprint density at radius 3 is 2.88 bits per heavy atom. The first-order valence-corrected chi connectivity index (χ1v) is 9.80. The highest BCUT2D eigenvalue weighted by Gasteiger charge is 2.20. The van der Waals surface area contributed by atoms with Gasteiger partial charge in [-0.1, -0.05) is 6.92 Å². The van der Waals surface area contributed by atoms with Crippen molar-refractivity contribution in [2.45, 2.75) is 32.6 Å². The molecule has 0 saturated heterocycles. The molecule has 0 amide bonds. The minimum atomic E-state index is -0.0730. The summed E-state index contributed by atoms with van der Waals surface area (Å²) in [6, 6.07) is 5.83. The Morgan fingerprint density at radius 1 is 1.23 bits per heavy atom. The second kappa shape index (κ2) is 7.33. The summed E-state index contributed by atoms with van der Waals surface area (Å²) in [5.41, 5.74) is 5.62. The molecule has 0 radical (unpaired) electrons. The van der Waals surface area contributed by atoms with E-state index in [9.17, 15) is 4.79 Å². The highest BCUT2D eigenvalue weighted by molar-refractivity contribution is 7.13. The van der Waals surface area contributed by atoms with Crippen molar-refractivity contribution in [1.82, 2.24) is 15.0 Å². The van der Waals surface area contributed by atoms with Crippen LogP contribution >= 0.6 is 11.3 Å². The molecule has 0 fully saturated rings. The number of hydrogen-bond donors (Lipinski definition) is 1. The number of aliphatic imine (C=N–C) groups is 1. The fraction of sp³-hybridized carbons (Fsp3) is 0.300. The van der Waals surface area contributed by atoms with Gasteiger partial charge in [0, 0.05) is 46.9 Å². The van der Waals surface area contributed by atoms with Crippen LogP contribution in [0.4, 0.5) is 0 Å². The van der Waals surface area contributed by atoms with Crippen LogP contribution < -0.4 is 5.56 Å². The molecule has 1 N–H and O–H groups in total. The maximum absolute atomic E-state index is 12.6. The summed E-state index contributed by atoms with van der Waals surface area (Å²) < 4.78 is 0. The number of aromatic amines is 1. The molecule has 5 nitrogen and oxygen atoms in total. The fourth-order valence-electron chi connectivity index (χ4n) is 3.21. The van der Waals surface area contributed by atoms with Crippen molar-refractivity contribution in [3.05, 3.63) is 57.6 Å². The molecule has 0 unspecified atom stereocenters. The van der Waals surface area contributed by atoms with E-state index in [-0.39, 0.29) is 5.56 Å². The number of nitrogens with zero attached hydrogens (tertiary/aromatic N) is 3. The van der Waals surface area contributed by atoms with Crippen LogP contribution in [0, 0.1) is 0 Å². The third kappa shape index (κ3) is 3.24. The van der Waals surface area contributed by atoms with Gasteiger partial charge in [0.25, 0.3) is 5.56 Å². The van der Waals surface area contributed by atoms with Gasteiger partial charge in [0.1, 0.15) is 5.01 Å². The molecule has 0 aliphatic heterocycles. The monoisotopic (exact) mass is 364 g/mol. The number of pyridine rings is 2. The Labute approximate surface area is 155 Å². The number of thiazole rings is 1. The SMILES string of the molecule is CCCN=C1CCCc2[nH]c(=O)c(-c3nc(-c4ccncc4)cs3)cc21. The minimum Gasteiger partial charge on any atom is -0.325 e. The lowest BCUT2D eigenvalue weighted by atomic mass is 9.93. The van der Waals surface area contributed by atoms with Crippen LogP contribution in [0.1, 0.15) is 37.4 Å². The van der Waals surface area contributed by atoms with Crippen LogP contribution in [0.3, 0.4) is 0 Å². The van der Waals surface area contributed by atoms with E-state index in [2.05, 4.69) is 21.9 Å². The van der Waals surface area contributed by atoms with E-state index < -0.39 is 0 Å². The molecule has 1 aliphatic carbocycles. The fourth-order valence-corrected chi connectivity index (χ4v) is 4.05. The van der Waals surface area contributed by atoms with E-state index in [0.717, 1.165) is 65.5 Å². The zero-order valence-electron chi connectivity index (χ0n) is 14.7. The molecule has 0 bridgehead atoms. The highest BCUT2D eigenvalue weighted by Crippen LogP contribution is 2.29. The highest BCUT2D eigenvalue weighted by atomic mass is 32.1. The second-order valence-corrected chi connectivity index (χ2v) is 7.22. The molecule has 3 heterocycles. The zero-order chi connectivity index (χ0) is 17.9. The number of rotatable bonds is 4. The Morgan fingerprint density at radius 2 is 2.08 bits per heavy atom. The quantitative estimate of drug-likeness (QED) is 0.758. The van der Waals surface area contributed by atoms with Gasteiger partial charge in [-0.25, -0.2) is 4.98 Å². The molecule has 1 aliphatic rings. The average Bonchev–Trinajstić information content (AvgIpc) is 3.16. The normalized spacial score (nSPS) is 15.2. The van der Waals surface area contributed by atoms with E-state index in [0.29, 0.717) is 5.56 Å². The van der Waals surface area contributed by atoms with Crippen molar-refractivity contribution in [3.63, 3.8) is 0 Å². The zero-order valence-corrected chi connectivity index (χ0v) is 15.5. The first-order chi connectivity index (χ1) is 12.8. The number of hydrogen-bond acceptors (Lipinski definition) is 5. The van der Waals surface area contributed by atoms with Gasteiger partial charge in [-0.05, 0) is 43.9 Å². The topological polar surface area (TPSA) is 71.0 Å². The van der Waals surface area contributed by atoms with Crippen molar-refractivity contribution in [1.29, 1.82) is 0 Å². The summed E-state index contributed by atoms with van der Waals surface area (Å²) in [7, 11) is 0. The van der Waals surface area contributed by atoms with Crippen LogP contribution in [0.2, 0.25) is 0 Å². The van der Waals surface area contributed by atoms with Crippen molar-refractivity contribution >= 4 is 17.0 Å². The van der Waals surface area contributed by atoms with Crippen LogP contribution in [-0.2, 0) is 6.42 Å². The Kier molecular flexibility index (Phi) is 4.75. The van der Waals surface area contributed by atoms with Gasteiger partial charge in [-0.3, -0.25) is 14.8 Å². The third-order valence-electron chi connectivity index (χ3n) is 4.51. The smallest absolute Gasteiger partial charge is 0.258 e. The lowest BCUT2D eigenvalue weighted by Crippen LogP contribution is -2.21. The Hall–Kier alpha value is -2.60. The standard InChI is InChI=1S/C20H20N4OS/c1-2-8-22-16-4-3-5-17-14(16)11-15(19(25)23-17)20-24-18(12-26-20)13-6-9-21-10-7-13/h6-7,9-12H,2-5,8H2,1H3,(H,23,25). The average molecular weight is 364 g/mol. The van der Waals surface area contributed by atoms with Crippen LogP contribution in [0.5, 0.6) is 0 Å². The summed E-state index contributed by atoms with van der Waals surface area (Å²) in [6.07, 6.45) is 7.42.